The van der Waals surface area contributed by atoms with Crippen molar-refractivity contribution in [3.8, 4) is 0 Å². The summed E-state index contributed by atoms with van der Waals surface area (Å²) in [5.74, 6) is -0.872. The smallest absolute Gasteiger partial charge is 0.326 e. The van der Waals surface area contributed by atoms with E-state index < -0.39 is 12.0 Å². The summed E-state index contributed by atoms with van der Waals surface area (Å²) in [4.78, 5) is 17.8. The number of imidazole rings is 1. The Morgan fingerprint density at radius 2 is 2.56 bits per heavy atom. The molecule has 1 unspecified atom stereocenters. The number of thiophene rings is 1. The SMILES string of the molecule is O=C(O)C(Cc1cnc[nH]1)Nc1cccs1. The quantitative estimate of drug-likeness (QED) is 0.737. The fourth-order valence-electron chi connectivity index (χ4n) is 1.35. The molecule has 0 amide bonds. The number of rotatable bonds is 5. The van der Waals surface area contributed by atoms with Gasteiger partial charge in [0.15, 0.2) is 0 Å². The average molecular weight is 237 g/mol. The van der Waals surface area contributed by atoms with Crippen LogP contribution in [-0.2, 0) is 11.2 Å². The monoisotopic (exact) mass is 237 g/mol. The third-order valence-corrected chi connectivity index (χ3v) is 2.92. The summed E-state index contributed by atoms with van der Waals surface area (Å²) >= 11 is 1.48. The van der Waals surface area contributed by atoms with Crippen molar-refractivity contribution in [3.63, 3.8) is 0 Å². The Bertz CT molecular complexity index is 402. The molecule has 0 fully saturated rings. The van der Waals surface area contributed by atoms with Gasteiger partial charge in [0.2, 0.25) is 0 Å². The van der Waals surface area contributed by atoms with Crippen LogP contribution in [0.5, 0.6) is 0 Å². The van der Waals surface area contributed by atoms with Crippen LogP contribution in [0.2, 0.25) is 0 Å². The second-order valence-electron chi connectivity index (χ2n) is 3.29. The maximum Gasteiger partial charge on any atom is 0.326 e. The first kappa shape index (κ1) is 10.7. The first-order valence-electron chi connectivity index (χ1n) is 4.76. The second-order valence-corrected chi connectivity index (χ2v) is 4.24. The van der Waals surface area contributed by atoms with Crippen molar-refractivity contribution in [2.45, 2.75) is 12.5 Å². The van der Waals surface area contributed by atoms with Gasteiger partial charge in [0.1, 0.15) is 6.04 Å². The lowest BCUT2D eigenvalue weighted by molar-refractivity contribution is -0.137. The van der Waals surface area contributed by atoms with Crippen molar-refractivity contribution in [2.75, 3.05) is 5.32 Å². The first-order chi connectivity index (χ1) is 7.75. The number of aliphatic carboxylic acids is 1. The molecule has 0 aliphatic heterocycles. The number of carbonyl (C=O) groups is 1. The van der Waals surface area contributed by atoms with Crippen molar-refractivity contribution in [2.24, 2.45) is 0 Å². The van der Waals surface area contributed by atoms with Gasteiger partial charge in [-0.1, -0.05) is 0 Å². The van der Waals surface area contributed by atoms with Crippen molar-refractivity contribution < 1.29 is 9.90 Å². The lowest BCUT2D eigenvalue weighted by Crippen LogP contribution is -2.31. The highest BCUT2D eigenvalue weighted by Crippen LogP contribution is 2.17. The Morgan fingerprint density at radius 1 is 1.69 bits per heavy atom. The third-order valence-electron chi connectivity index (χ3n) is 2.11. The molecule has 0 saturated heterocycles. The van der Waals surface area contributed by atoms with Crippen LogP contribution in [0.1, 0.15) is 5.69 Å². The van der Waals surface area contributed by atoms with Crippen molar-refractivity contribution in [1.29, 1.82) is 0 Å². The molecule has 0 radical (unpaired) electrons. The Morgan fingerprint density at radius 3 is 3.12 bits per heavy atom. The zero-order chi connectivity index (χ0) is 11.4. The highest BCUT2D eigenvalue weighted by molar-refractivity contribution is 7.14. The maximum absolute atomic E-state index is 11.1. The van der Waals surface area contributed by atoms with Crippen LogP contribution in [0.15, 0.2) is 30.0 Å². The molecule has 0 bridgehead atoms. The number of carboxylic acids is 1. The largest absolute Gasteiger partial charge is 0.480 e. The van der Waals surface area contributed by atoms with Crippen molar-refractivity contribution in [3.05, 3.63) is 35.7 Å². The molecule has 1 atom stereocenters. The average Bonchev–Trinajstić information content (AvgIpc) is 2.88. The fraction of sp³-hybridized carbons (Fsp3) is 0.200. The van der Waals surface area contributed by atoms with Gasteiger partial charge >= 0.3 is 5.97 Å². The van der Waals surface area contributed by atoms with Crippen LogP contribution < -0.4 is 5.32 Å². The normalized spacial score (nSPS) is 12.2. The summed E-state index contributed by atoms with van der Waals surface area (Å²) in [6.45, 7) is 0. The minimum atomic E-state index is -0.872. The molecule has 6 heteroatoms. The van der Waals surface area contributed by atoms with Crippen LogP contribution in [0.4, 0.5) is 5.00 Å². The van der Waals surface area contributed by atoms with Gasteiger partial charge in [-0.3, -0.25) is 0 Å². The number of carboxylic acid groups (broad SMARTS) is 1. The Kier molecular flexibility index (Phi) is 3.21. The standard InChI is InChI=1S/C10H11N3O2S/c14-10(15)8(4-7-5-11-6-12-7)13-9-2-1-3-16-9/h1-3,5-6,8,13H,4H2,(H,11,12)(H,14,15). The highest BCUT2D eigenvalue weighted by atomic mass is 32.1. The molecule has 84 valence electrons. The number of hydrogen-bond donors (Lipinski definition) is 3. The number of anilines is 1. The van der Waals surface area contributed by atoms with Crippen molar-refractivity contribution >= 4 is 22.3 Å². The molecule has 0 aromatic carbocycles. The molecule has 0 aliphatic rings. The number of aromatic amines is 1. The minimum Gasteiger partial charge on any atom is -0.480 e. The number of H-pyrrole nitrogens is 1. The molecule has 0 spiro atoms. The minimum absolute atomic E-state index is 0.382. The summed E-state index contributed by atoms with van der Waals surface area (Å²) in [5, 5.41) is 14.8. The zero-order valence-corrected chi connectivity index (χ0v) is 9.20. The van der Waals surface area contributed by atoms with Crippen LogP contribution >= 0.6 is 11.3 Å². The predicted molar refractivity (Wildman–Crippen MR) is 61.7 cm³/mol. The molecule has 0 aliphatic carbocycles. The van der Waals surface area contributed by atoms with E-state index in [9.17, 15) is 4.79 Å². The second kappa shape index (κ2) is 4.80. The van der Waals surface area contributed by atoms with E-state index in [0.29, 0.717) is 6.42 Å². The van der Waals surface area contributed by atoms with Gasteiger partial charge in [-0.2, -0.15) is 0 Å². The maximum atomic E-state index is 11.1. The molecule has 0 saturated carbocycles. The van der Waals surface area contributed by atoms with Gasteiger partial charge in [-0.05, 0) is 17.5 Å². The number of hydrogen-bond acceptors (Lipinski definition) is 4. The van der Waals surface area contributed by atoms with E-state index >= 15 is 0 Å². The van der Waals surface area contributed by atoms with Crippen LogP contribution in [0.3, 0.4) is 0 Å². The molecule has 16 heavy (non-hydrogen) atoms. The number of nitrogens with one attached hydrogen (secondary N) is 2. The Hall–Kier alpha value is -1.82. The van der Waals surface area contributed by atoms with E-state index in [4.69, 9.17) is 5.11 Å². The molecule has 2 rings (SSSR count). The van der Waals surface area contributed by atoms with Crippen LogP contribution in [0, 0.1) is 0 Å². The lowest BCUT2D eigenvalue weighted by atomic mass is 10.1. The van der Waals surface area contributed by atoms with E-state index in [-0.39, 0.29) is 0 Å². The fourth-order valence-corrected chi connectivity index (χ4v) is 2.02. The molecule has 5 nitrogen and oxygen atoms in total. The third kappa shape index (κ3) is 2.60. The predicted octanol–water partition coefficient (Wildman–Crippen LogP) is 1.58. The zero-order valence-electron chi connectivity index (χ0n) is 8.38. The first-order valence-corrected chi connectivity index (χ1v) is 5.64. The van der Waals surface area contributed by atoms with Crippen LogP contribution in [0.25, 0.3) is 0 Å². The van der Waals surface area contributed by atoms with Gasteiger partial charge in [0, 0.05) is 18.3 Å². The van der Waals surface area contributed by atoms with E-state index in [2.05, 4.69) is 15.3 Å². The topological polar surface area (TPSA) is 78.0 Å². The summed E-state index contributed by atoms with van der Waals surface area (Å²) in [7, 11) is 0. The lowest BCUT2D eigenvalue weighted by Gasteiger charge is -2.12. The molecule has 2 aromatic rings. The number of aromatic nitrogens is 2. The van der Waals surface area contributed by atoms with Crippen LogP contribution in [-0.4, -0.2) is 27.1 Å². The van der Waals surface area contributed by atoms with Gasteiger partial charge in [-0.25, -0.2) is 9.78 Å². The van der Waals surface area contributed by atoms with Gasteiger partial charge in [0.05, 0.1) is 11.3 Å². The van der Waals surface area contributed by atoms with Crippen molar-refractivity contribution in [1.82, 2.24) is 9.97 Å². The Balaban J connectivity index is 2.03. The van der Waals surface area contributed by atoms with E-state index in [0.717, 1.165) is 10.7 Å². The summed E-state index contributed by atoms with van der Waals surface area (Å²) in [6, 6.07) is 3.09. The number of nitrogens with zero attached hydrogens (tertiary/aromatic N) is 1. The van der Waals surface area contributed by atoms with E-state index in [1.807, 2.05) is 17.5 Å². The molecular formula is C10H11N3O2S. The molecule has 2 aromatic heterocycles. The summed E-state index contributed by atoms with van der Waals surface area (Å²) in [5.41, 5.74) is 0.802. The molecule has 3 N–H and O–H groups in total. The van der Waals surface area contributed by atoms with Gasteiger partial charge < -0.3 is 15.4 Å². The summed E-state index contributed by atoms with van der Waals surface area (Å²) < 4.78 is 0. The van der Waals surface area contributed by atoms with Gasteiger partial charge in [0.25, 0.3) is 0 Å². The van der Waals surface area contributed by atoms with E-state index in [1.54, 1.807) is 12.5 Å². The molecular weight excluding hydrogens is 226 g/mol. The summed E-state index contributed by atoms with van der Waals surface area (Å²) in [6.07, 6.45) is 3.55. The van der Waals surface area contributed by atoms with Gasteiger partial charge in [-0.15, -0.1) is 11.3 Å². The molecule has 2 heterocycles. The Labute approximate surface area is 96.2 Å². The highest BCUT2D eigenvalue weighted by Gasteiger charge is 2.18. The van der Waals surface area contributed by atoms with E-state index in [1.165, 1.54) is 11.3 Å².